The average Bonchev–Trinajstić information content (AvgIpc) is 3.00. The molecule has 0 aliphatic heterocycles. The first-order chi connectivity index (χ1) is 12.0. The number of rotatable bonds is 6. The van der Waals surface area contributed by atoms with Gasteiger partial charge in [-0.1, -0.05) is 0 Å². The standard InChI is InChI=1S/C18H24F3N3O2/c1-11-7-13(26-10-12(25)8-23-17(2,3)4)5-6-14(11)16-22-9-15(24-16)18(19,20)21/h5-7,9,12,23,25H,8,10H2,1-4H3,(H,22,24). The van der Waals surface area contributed by atoms with Crippen molar-refractivity contribution < 1.29 is 23.0 Å². The number of aryl methyl sites for hydroxylation is 1. The smallest absolute Gasteiger partial charge is 0.434 e. The summed E-state index contributed by atoms with van der Waals surface area (Å²) in [5.41, 5.74) is 0.217. The molecule has 8 heteroatoms. The van der Waals surface area contributed by atoms with E-state index >= 15 is 0 Å². The molecule has 26 heavy (non-hydrogen) atoms. The Morgan fingerprint density at radius 2 is 1.96 bits per heavy atom. The molecule has 0 aliphatic carbocycles. The number of halogens is 3. The zero-order valence-corrected chi connectivity index (χ0v) is 15.2. The van der Waals surface area contributed by atoms with Gasteiger partial charge >= 0.3 is 6.18 Å². The number of aromatic nitrogens is 2. The van der Waals surface area contributed by atoms with Crippen molar-refractivity contribution in [1.82, 2.24) is 15.3 Å². The number of aliphatic hydroxyl groups excluding tert-OH is 1. The minimum atomic E-state index is -4.48. The first-order valence-corrected chi connectivity index (χ1v) is 8.25. The van der Waals surface area contributed by atoms with E-state index in [1.807, 2.05) is 20.8 Å². The van der Waals surface area contributed by atoms with Crippen LogP contribution in [0.4, 0.5) is 13.2 Å². The van der Waals surface area contributed by atoms with Crippen molar-refractivity contribution in [3.05, 3.63) is 35.7 Å². The lowest BCUT2D eigenvalue weighted by Gasteiger charge is -2.23. The van der Waals surface area contributed by atoms with E-state index in [2.05, 4.69) is 15.3 Å². The summed E-state index contributed by atoms with van der Waals surface area (Å²) in [6.07, 6.45) is -4.31. The predicted octanol–water partition coefficient (Wildman–Crippen LogP) is 3.53. The van der Waals surface area contributed by atoms with Crippen LogP contribution in [0, 0.1) is 6.92 Å². The molecule has 3 N–H and O–H groups in total. The lowest BCUT2D eigenvalue weighted by atomic mass is 10.1. The van der Waals surface area contributed by atoms with Crippen LogP contribution in [-0.2, 0) is 6.18 Å². The molecule has 0 aliphatic rings. The maximum Gasteiger partial charge on any atom is 0.434 e. The van der Waals surface area contributed by atoms with Gasteiger partial charge in [0.2, 0.25) is 0 Å². The molecular formula is C18H24F3N3O2. The van der Waals surface area contributed by atoms with Crippen LogP contribution in [0.25, 0.3) is 11.4 Å². The average molecular weight is 371 g/mol. The Labute approximate surface area is 150 Å². The number of aromatic amines is 1. The Hall–Kier alpha value is -2.06. The Morgan fingerprint density at radius 1 is 1.27 bits per heavy atom. The monoisotopic (exact) mass is 371 g/mol. The van der Waals surface area contributed by atoms with Crippen molar-refractivity contribution in [3.63, 3.8) is 0 Å². The molecule has 0 amide bonds. The Bertz CT molecular complexity index is 736. The Balaban J connectivity index is 2.00. The van der Waals surface area contributed by atoms with Crippen molar-refractivity contribution in [2.75, 3.05) is 13.2 Å². The molecule has 1 heterocycles. The maximum atomic E-state index is 12.7. The fourth-order valence-corrected chi connectivity index (χ4v) is 2.27. The van der Waals surface area contributed by atoms with E-state index in [0.717, 1.165) is 6.20 Å². The highest BCUT2D eigenvalue weighted by Gasteiger charge is 2.33. The number of imidazole rings is 1. The van der Waals surface area contributed by atoms with E-state index in [1.54, 1.807) is 25.1 Å². The number of nitrogens with one attached hydrogen (secondary N) is 2. The summed E-state index contributed by atoms with van der Waals surface area (Å²) in [6.45, 7) is 8.27. The number of alkyl halides is 3. The van der Waals surface area contributed by atoms with E-state index in [1.165, 1.54) is 0 Å². The molecule has 144 valence electrons. The molecule has 1 aromatic heterocycles. The van der Waals surface area contributed by atoms with Crippen molar-refractivity contribution in [2.45, 2.75) is 45.5 Å². The third kappa shape index (κ3) is 5.74. The number of hydrogen-bond acceptors (Lipinski definition) is 4. The van der Waals surface area contributed by atoms with Crippen molar-refractivity contribution in [1.29, 1.82) is 0 Å². The highest BCUT2D eigenvalue weighted by Crippen LogP contribution is 2.31. The zero-order chi connectivity index (χ0) is 19.5. The van der Waals surface area contributed by atoms with E-state index < -0.39 is 18.0 Å². The SMILES string of the molecule is Cc1cc(OCC(O)CNC(C)(C)C)ccc1-c1nc(C(F)(F)F)c[nH]1. The molecule has 2 rings (SSSR count). The van der Waals surface area contributed by atoms with Crippen LogP contribution in [0.2, 0.25) is 0 Å². The number of benzene rings is 1. The molecular weight excluding hydrogens is 347 g/mol. The highest BCUT2D eigenvalue weighted by molar-refractivity contribution is 5.61. The van der Waals surface area contributed by atoms with Gasteiger partial charge in [-0.25, -0.2) is 4.98 Å². The number of nitrogens with zero attached hydrogens (tertiary/aromatic N) is 1. The van der Waals surface area contributed by atoms with Gasteiger partial charge in [0.15, 0.2) is 5.69 Å². The molecule has 1 unspecified atom stereocenters. The summed E-state index contributed by atoms with van der Waals surface area (Å²) < 4.78 is 43.6. The van der Waals surface area contributed by atoms with Gasteiger partial charge in [-0.2, -0.15) is 13.2 Å². The third-order valence-electron chi connectivity index (χ3n) is 3.63. The lowest BCUT2D eigenvalue weighted by molar-refractivity contribution is -0.140. The van der Waals surface area contributed by atoms with Crippen LogP contribution in [0.1, 0.15) is 32.0 Å². The van der Waals surface area contributed by atoms with E-state index in [-0.39, 0.29) is 18.0 Å². The second kappa shape index (κ2) is 7.67. The Morgan fingerprint density at radius 3 is 2.50 bits per heavy atom. The van der Waals surface area contributed by atoms with Crippen LogP contribution in [0.15, 0.2) is 24.4 Å². The number of hydrogen-bond donors (Lipinski definition) is 3. The quantitative estimate of drug-likeness (QED) is 0.727. The van der Waals surface area contributed by atoms with Gasteiger partial charge in [-0.15, -0.1) is 0 Å². The maximum absolute atomic E-state index is 12.7. The summed E-state index contributed by atoms with van der Waals surface area (Å²) in [5, 5.41) is 13.1. The summed E-state index contributed by atoms with van der Waals surface area (Å²) in [7, 11) is 0. The lowest BCUT2D eigenvalue weighted by Crippen LogP contribution is -2.42. The first kappa shape index (κ1) is 20.3. The molecule has 2 aromatic rings. The second-order valence-electron chi connectivity index (χ2n) is 7.20. The zero-order valence-electron chi connectivity index (χ0n) is 15.2. The highest BCUT2D eigenvalue weighted by atomic mass is 19.4. The van der Waals surface area contributed by atoms with Crippen molar-refractivity contribution in [3.8, 4) is 17.1 Å². The van der Waals surface area contributed by atoms with Crippen LogP contribution in [0.3, 0.4) is 0 Å². The number of β-amino-alcohol motifs (C(OH)–C–C–N with tert-alkyl or cyclic N) is 1. The minimum absolute atomic E-state index is 0.0997. The summed E-state index contributed by atoms with van der Waals surface area (Å²) >= 11 is 0. The van der Waals surface area contributed by atoms with Crippen LogP contribution in [-0.4, -0.2) is 39.9 Å². The van der Waals surface area contributed by atoms with Crippen LogP contribution < -0.4 is 10.1 Å². The van der Waals surface area contributed by atoms with Gasteiger partial charge in [0, 0.05) is 23.8 Å². The number of ether oxygens (including phenoxy) is 1. The molecule has 5 nitrogen and oxygen atoms in total. The van der Waals surface area contributed by atoms with E-state index in [0.29, 0.717) is 23.4 Å². The largest absolute Gasteiger partial charge is 0.491 e. The number of H-pyrrole nitrogens is 1. The molecule has 0 fully saturated rings. The normalized spacial score (nSPS) is 13.7. The molecule has 1 aromatic carbocycles. The predicted molar refractivity (Wildman–Crippen MR) is 93.0 cm³/mol. The molecule has 0 saturated carbocycles. The summed E-state index contributed by atoms with van der Waals surface area (Å²) in [5.74, 6) is 0.680. The van der Waals surface area contributed by atoms with Crippen molar-refractivity contribution >= 4 is 0 Å². The van der Waals surface area contributed by atoms with Crippen LogP contribution >= 0.6 is 0 Å². The van der Waals surface area contributed by atoms with Crippen molar-refractivity contribution in [2.24, 2.45) is 0 Å². The van der Waals surface area contributed by atoms with Gasteiger partial charge in [0.1, 0.15) is 24.3 Å². The Kier molecular flexibility index (Phi) is 5.98. The minimum Gasteiger partial charge on any atom is -0.491 e. The molecule has 0 spiro atoms. The first-order valence-electron chi connectivity index (χ1n) is 8.25. The fourth-order valence-electron chi connectivity index (χ4n) is 2.27. The summed E-state index contributed by atoms with van der Waals surface area (Å²) in [4.78, 5) is 6.14. The molecule has 0 saturated heterocycles. The fraction of sp³-hybridized carbons (Fsp3) is 0.500. The molecule has 0 bridgehead atoms. The van der Waals surface area contributed by atoms with E-state index in [4.69, 9.17) is 4.74 Å². The van der Waals surface area contributed by atoms with Gasteiger partial charge in [-0.05, 0) is 51.5 Å². The summed E-state index contributed by atoms with van der Waals surface area (Å²) in [6, 6.07) is 4.99. The van der Waals surface area contributed by atoms with Gasteiger partial charge in [-0.3, -0.25) is 0 Å². The third-order valence-corrected chi connectivity index (χ3v) is 3.63. The van der Waals surface area contributed by atoms with Gasteiger partial charge in [0.05, 0.1) is 0 Å². The van der Waals surface area contributed by atoms with Gasteiger partial charge < -0.3 is 20.1 Å². The van der Waals surface area contributed by atoms with Crippen LogP contribution in [0.5, 0.6) is 5.75 Å². The van der Waals surface area contributed by atoms with Gasteiger partial charge in [0.25, 0.3) is 0 Å². The second-order valence-corrected chi connectivity index (χ2v) is 7.20. The molecule has 0 radical (unpaired) electrons. The molecule has 1 atom stereocenters. The number of aliphatic hydroxyl groups is 1. The topological polar surface area (TPSA) is 70.2 Å². The van der Waals surface area contributed by atoms with E-state index in [9.17, 15) is 18.3 Å².